The van der Waals surface area contributed by atoms with Gasteiger partial charge in [-0.1, -0.05) is 47.5 Å². The summed E-state index contributed by atoms with van der Waals surface area (Å²) >= 11 is 12.7. The number of hydrogen-bond acceptors (Lipinski definition) is 8. The number of hydrogen-bond donors (Lipinski definition) is 0. The molecule has 2 saturated heterocycles. The molecule has 2 aliphatic heterocycles. The van der Waals surface area contributed by atoms with E-state index in [9.17, 15) is 20.2 Å². The molecule has 0 amide bonds. The van der Waals surface area contributed by atoms with Crippen molar-refractivity contribution in [2.24, 2.45) is 0 Å². The highest BCUT2D eigenvalue weighted by atomic mass is 35.5. The minimum atomic E-state index is -0.540. The minimum Gasteiger partial charge on any atom is -0.367 e. The molecule has 5 rings (SSSR count). The second-order valence-electron chi connectivity index (χ2n) is 9.19. The summed E-state index contributed by atoms with van der Waals surface area (Å²) in [5, 5.41) is 25.3. The second-order valence-corrected chi connectivity index (χ2v) is 10.0. The highest BCUT2D eigenvalue weighted by molar-refractivity contribution is 6.33. The average Bonchev–Trinajstić information content (AvgIpc) is 2.93. The summed E-state index contributed by atoms with van der Waals surface area (Å²) in [7, 11) is 0. The molecule has 12 heteroatoms. The van der Waals surface area contributed by atoms with Crippen LogP contribution in [0.25, 0.3) is 0 Å². The smallest absolute Gasteiger partial charge is 0.299 e. The third-order valence-corrected chi connectivity index (χ3v) is 7.73. The number of nitro benzene ring substituents is 2. The Morgan fingerprint density at radius 2 is 0.842 bits per heavy atom. The fraction of sp³-hybridized carbons (Fsp3) is 0.308. The quantitative estimate of drug-likeness (QED) is 0.291. The number of rotatable bonds is 6. The number of para-hydroxylation sites is 2. The summed E-state index contributed by atoms with van der Waals surface area (Å²) in [6.07, 6.45) is 0. The van der Waals surface area contributed by atoms with E-state index in [0.29, 0.717) is 73.8 Å². The summed E-state index contributed by atoms with van der Waals surface area (Å²) in [6.45, 7) is 4.53. The van der Waals surface area contributed by atoms with Crippen molar-refractivity contribution in [3.63, 3.8) is 0 Å². The van der Waals surface area contributed by atoms with Crippen LogP contribution in [-0.2, 0) is 0 Å². The van der Waals surface area contributed by atoms with Crippen molar-refractivity contribution in [2.75, 3.05) is 72.0 Å². The molecule has 0 aliphatic carbocycles. The van der Waals surface area contributed by atoms with Crippen LogP contribution >= 0.6 is 23.2 Å². The lowest BCUT2D eigenvalue weighted by Crippen LogP contribution is -2.47. The van der Waals surface area contributed by atoms with Crippen LogP contribution in [-0.4, -0.2) is 62.2 Å². The molecule has 0 unspecified atom stereocenters. The standard InChI is InChI=1S/C26H26Cl2N6O4/c27-19-5-1-3-7-21(19)29-9-13-31(14-10-29)23-17-24(26(34(37)38)18-25(23)33(35)36)32-15-11-30(12-16-32)22-8-4-2-6-20(22)28/h1-8,17-18H,9-16H2. The molecule has 0 N–H and O–H groups in total. The molecule has 10 nitrogen and oxygen atoms in total. The molecule has 3 aromatic carbocycles. The van der Waals surface area contributed by atoms with E-state index in [2.05, 4.69) is 9.80 Å². The molecule has 0 bridgehead atoms. The zero-order valence-electron chi connectivity index (χ0n) is 20.5. The van der Waals surface area contributed by atoms with Gasteiger partial charge in [0.1, 0.15) is 11.4 Å². The Kier molecular flexibility index (Phi) is 7.44. The predicted octanol–water partition coefficient (Wildman–Crippen LogP) is 5.46. The molecular weight excluding hydrogens is 531 g/mol. The fourth-order valence-corrected chi connectivity index (χ4v) is 5.66. The third kappa shape index (κ3) is 5.14. The third-order valence-electron chi connectivity index (χ3n) is 7.09. The Morgan fingerprint density at radius 1 is 0.526 bits per heavy atom. The summed E-state index contributed by atoms with van der Waals surface area (Å²) < 4.78 is 0. The fourth-order valence-electron chi connectivity index (χ4n) is 5.15. The highest BCUT2D eigenvalue weighted by Crippen LogP contribution is 2.41. The largest absolute Gasteiger partial charge is 0.367 e. The van der Waals surface area contributed by atoms with Gasteiger partial charge in [0.05, 0.1) is 37.3 Å². The Morgan fingerprint density at radius 3 is 1.16 bits per heavy atom. The van der Waals surface area contributed by atoms with Crippen molar-refractivity contribution in [1.82, 2.24) is 0 Å². The molecule has 2 heterocycles. The number of anilines is 4. The monoisotopic (exact) mass is 556 g/mol. The Balaban J connectivity index is 1.40. The van der Waals surface area contributed by atoms with E-state index in [-0.39, 0.29) is 11.4 Å². The second kappa shape index (κ2) is 10.9. The number of piperazine rings is 2. The average molecular weight is 557 g/mol. The van der Waals surface area contributed by atoms with Crippen molar-refractivity contribution in [3.05, 3.63) is 90.9 Å². The first-order valence-corrected chi connectivity index (χ1v) is 13.0. The molecule has 0 saturated carbocycles. The zero-order valence-corrected chi connectivity index (χ0v) is 22.0. The molecule has 2 fully saturated rings. The van der Waals surface area contributed by atoms with Gasteiger partial charge in [-0.2, -0.15) is 0 Å². The first kappa shape index (κ1) is 25.9. The van der Waals surface area contributed by atoms with E-state index in [1.807, 2.05) is 58.3 Å². The Bertz CT molecular complexity index is 1260. The van der Waals surface area contributed by atoms with Crippen LogP contribution in [0.4, 0.5) is 34.1 Å². The van der Waals surface area contributed by atoms with Crippen LogP contribution in [0.2, 0.25) is 10.0 Å². The molecule has 0 aromatic heterocycles. The van der Waals surface area contributed by atoms with Crippen molar-refractivity contribution in [2.45, 2.75) is 0 Å². The van der Waals surface area contributed by atoms with Gasteiger partial charge in [-0.3, -0.25) is 20.2 Å². The molecule has 0 spiro atoms. The minimum absolute atomic E-state index is 0.263. The van der Waals surface area contributed by atoms with Gasteiger partial charge in [0.2, 0.25) is 0 Å². The zero-order chi connectivity index (χ0) is 26.8. The van der Waals surface area contributed by atoms with Gasteiger partial charge in [-0.05, 0) is 30.3 Å². The van der Waals surface area contributed by atoms with E-state index in [4.69, 9.17) is 23.2 Å². The molecule has 38 heavy (non-hydrogen) atoms. The number of nitrogens with zero attached hydrogens (tertiary/aromatic N) is 6. The topological polar surface area (TPSA) is 99.2 Å². The van der Waals surface area contributed by atoms with Crippen LogP contribution in [0.15, 0.2) is 60.7 Å². The predicted molar refractivity (Wildman–Crippen MR) is 152 cm³/mol. The van der Waals surface area contributed by atoms with Crippen molar-refractivity contribution < 1.29 is 9.85 Å². The number of benzene rings is 3. The maximum absolute atomic E-state index is 12.0. The summed E-state index contributed by atoms with van der Waals surface area (Å²) in [5.41, 5.74) is 2.10. The first-order valence-electron chi connectivity index (χ1n) is 12.3. The molecule has 198 valence electrons. The summed E-state index contributed by atoms with van der Waals surface area (Å²) in [4.78, 5) is 31.0. The maximum atomic E-state index is 12.0. The van der Waals surface area contributed by atoms with Gasteiger partial charge in [0.25, 0.3) is 11.4 Å². The van der Waals surface area contributed by atoms with E-state index >= 15 is 0 Å². The van der Waals surface area contributed by atoms with Crippen molar-refractivity contribution in [3.8, 4) is 0 Å². The normalized spacial score (nSPS) is 16.1. The molecule has 0 radical (unpaired) electrons. The summed E-state index contributed by atoms with van der Waals surface area (Å²) in [5.74, 6) is 0. The lowest BCUT2D eigenvalue weighted by atomic mass is 10.1. The number of halogens is 2. The van der Waals surface area contributed by atoms with E-state index in [1.165, 1.54) is 0 Å². The van der Waals surface area contributed by atoms with Gasteiger partial charge >= 0.3 is 0 Å². The van der Waals surface area contributed by atoms with Crippen LogP contribution < -0.4 is 19.6 Å². The van der Waals surface area contributed by atoms with Gasteiger partial charge in [-0.15, -0.1) is 0 Å². The Labute approximate surface area is 229 Å². The molecule has 2 aliphatic rings. The van der Waals surface area contributed by atoms with Gasteiger partial charge in [0, 0.05) is 52.4 Å². The van der Waals surface area contributed by atoms with E-state index < -0.39 is 9.85 Å². The maximum Gasteiger partial charge on any atom is 0.299 e. The molecular formula is C26H26Cl2N6O4. The highest BCUT2D eigenvalue weighted by Gasteiger charge is 2.32. The SMILES string of the molecule is O=[N+]([O-])c1cc([N+](=O)[O-])c(N2CCN(c3ccccc3Cl)CC2)cc1N1CCN(c2ccccc2Cl)CC1. The van der Waals surface area contributed by atoms with Crippen LogP contribution in [0, 0.1) is 20.2 Å². The number of nitro groups is 2. The molecule has 0 atom stereocenters. The molecule has 3 aromatic rings. The van der Waals surface area contributed by atoms with E-state index in [0.717, 1.165) is 17.4 Å². The van der Waals surface area contributed by atoms with E-state index in [1.54, 1.807) is 6.07 Å². The van der Waals surface area contributed by atoms with Crippen LogP contribution in [0.3, 0.4) is 0 Å². The van der Waals surface area contributed by atoms with Gasteiger partial charge in [-0.25, -0.2) is 0 Å². The van der Waals surface area contributed by atoms with Gasteiger partial charge < -0.3 is 19.6 Å². The van der Waals surface area contributed by atoms with Crippen LogP contribution in [0.1, 0.15) is 0 Å². The lowest BCUT2D eigenvalue weighted by molar-refractivity contribution is -0.393. The van der Waals surface area contributed by atoms with Crippen LogP contribution in [0.5, 0.6) is 0 Å². The summed E-state index contributed by atoms with van der Waals surface area (Å²) in [6, 6.07) is 17.9. The first-order chi connectivity index (χ1) is 18.3. The van der Waals surface area contributed by atoms with Crippen molar-refractivity contribution >= 4 is 57.3 Å². The lowest BCUT2D eigenvalue weighted by Gasteiger charge is -2.39. The van der Waals surface area contributed by atoms with Gasteiger partial charge in [0.15, 0.2) is 0 Å². The Hall–Kier alpha value is -3.76. The van der Waals surface area contributed by atoms with Crippen molar-refractivity contribution in [1.29, 1.82) is 0 Å².